The van der Waals surface area contributed by atoms with Crippen molar-refractivity contribution in [1.29, 1.82) is 0 Å². The van der Waals surface area contributed by atoms with Crippen LogP contribution in [0.25, 0.3) is 11.3 Å². The number of halogens is 1. The highest BCUT2D eigenvalue weighted by molar-refractivity contribution is 5.76. The van der Waals surface area contributed by atoms with Crippen LogP contribution >= 0.6 is 0 Å². The number of carbonyl (C=O) groups is 1. The van der Waals surface area contributed by atoms with Gasteiger partial charge in [0, 0.05) is 37.2 Å². The SMILES string of the molecule is COc1cccc(-c2cncc([C@@H]3CCCN(C(=O)CCc4ccc(F)cc4)C3)n2)c1. The maximum atomic E-state index is 13.1. The molecule has 1 saturated heterocycles. The summed E-state index contributed by atoms with van der Waals surface area (Å²) in [7, 11) is 1.64. The molecule has 0 aliphatic carbocycles. The van der Waals surface area contributed by atoms with E-state index in [2.05, 4.69) is 4.98 Å². The molecule has 160 valence electrons. The smallest absolute Gasteiger partial charge is 0.222 e. The fraction of sp³-hybridized carbons (Fsp3) is 0.320. The third kappa shape index (κ3) is 5.26. The van der Waals surface area contributed by atoms with Crippen molar-refractivity contribution < 1.29 is 13.9 Å². The number of carbonyl (C=O) groups excluding carboxylic acids is 1. The Morgan fingerprint density at radius 1 is 1.19 bits per heavy atom. The summed E-state index contributed by atoms with van der Waals surface area (Å²) in [5.74, 6) is 0.819. The van der Waals surface area contributed by atoms with Crippen LogP contribution in [0.15, 0.2) is 60.9 Å². The molecule has 0 unspecified atom stereocenters. The molecule has 0 radical (unpaired) electrons. The van der Waals surface area contributed by atoms with Crippen LogP contribution in [0.4, 0.5) is 4.39 Å². The number of piperidine rings is 1. The summed E-state index contributed by atoms with van der Waals surface area (Å²) >= 11 is 0. The normalized spacial score (nSPS) is 16.2. The Balaban J connectivity index is 1.42. The van der Waals surface area contributed by atoms with E-state index in [4.69, 9.17) is 9.72 Å². The zero-order chi connectivity index (χ0) is 21.6. The first-order valence-electron chi connectivity index (χ1n) is 10.6. The first-order valence-corrected chi connectivity index (χ1v) is 10.6. The van der Waals surface area contributed by atoms with Crippen molar-refractivity contribution in [1.82, 2.24) is 14.9 Å². The number of hydrogen-bond acceptors (Lipinski definition) is 4. The molecule has 1 atom stereocenters. The molecule has 1 aliphatic heterocycles. The molecule has 2 heterocycles. The average molecular weight is 420 g/mol. The van der Waals surface area contributed by atoms with E-state index in [-0.39, 0.29) is 17.6 Å². The number of ether oxygens (including phenoxy) is 1. The summed E-state index contributed by atoms with van der Waals surface area (Å²) in [4.78, 5) is 24.0. The minimum Gasteiger partial charge on any atom is -0.497 e. The number of aryl methyl sites for hydroxylation is 1. The van der Waals surface area contributed by atoms with E-state index in [1.807, 2.05) is 29.2 Å². The first kappa shape index (κ1) is 21.0. The second-order valence-corrected chi connectivity index (χ2v) is 7.87. The van der Waals surface area contributed by atoms with E-state index >= 15 is 0 Å². The van der Waals surface area contributed by atoms with E-state index in [0.29, 0.717) is 19.4 Å². The maximum absolute atomic E-state index is 13.1. The van der Waals surface area contributed by atoms with Crippen molar-refractivity contribution in [3.8, 4) is 17.0 Å². The summed E-state index contributed by atoms with van der Waals surface area (Å²) in [6, 6.07) is 14.1. The second-order valence-electron chi connectivity index (χ2n) is 7.87. The monoisotopic (exact) mass is 419 g/mol. The minimum atomic E-state index is -0.258. The van der Waals surface area contributed by atoms with Crippen LogP contribution in [0, 0.1) is 5.82 Å². The first-order chi connectivity index (χ1) is 15.1. The molecule has 0 saturated carbocycles. The number of aromatic nitrogens is 2. The Morgan fingerprint density at radius 3 is 2.84 bits per heavy atom. The third-order valence-electron chi connectivity index (χ3n) is 5.75. The lowest BCUT2D eigenvalue weighted by molar-refractivity contribution is -0.132. The van der Waals surface area contributed by atoms with Crippen molar-refractivity contribution in [3.63, 3.8) is 0 Å². The van der Waals surface area contributed by atoms with Gasteiger partial charge in [-0.05, 0) is 49.1 Å². The van der Waals surface area contributed by atoms with Gasteiger partial charge in [0.2, 0.25) is 5.91 Å². The van der Waals surface area contributed by atoms with Crippen LogP contribution in [0.3, 0.4) is 0 Å². The molecule has 5 nitrogen and oxygen atoms in total. The topological polar surface area (TPSA) is 55.3 Å². The van der Waals surface area contributed by atoms with Crippen molar-refractivity contribution in [2.75, 3.05) is 20.2 Å². The summed E-state index contributed by atoms with van der Waals surface area (Å²) in [5.41, 5.74) is 3.64. The molecule has 3 aromatic rings. The number of methoxy groups -OCH3 is 1. The molecule has 6 heteroatoms. The van der Waals surface area contributed by atoms with Gasteiger partial charge in [-0.2, -0.15) is 0 Å². The van der Waals surface area contributed by atoms with Gasteiger partial charge in [-0.3, -0.25) is 9.78 Å². The number of nitrogens with zero attached hydrogens (tertiary/aromatic N) is 3. The summed E-state index contributed by atoms with van der Waals surface area (Å²) in [5, 5.41) is 0. The Hall–Kier alpha value is -3.28. The van der Waals surface area contributed by atoms with Crippen molar-refractivity contribution in [2.24, 2.45) is 0 Å². The van der Waals surface area contributed by atoms with E-state index in [9.17, 15) is 9.18 Å². The highest BCUT2D eigenvalue weighted by atomic mass is 19.1. The Bertz CT molecular complexity index is 1040. The minimum absolute atomic E-state index is 0.130. The number of rotatable bonds is 6. The van der Waals surface area contributed by atoms with Gasteiger partial charge in [0.15, 0.2) is 0 Å². The lowest BCUT2D eigenvalue weighted by Crippen LogP contribution is -2.39. The zero-order valence-corrected chi connectivity index (χ0v) is 17.6. The number of benzene rings is 2. The predicted molar refractivity (Wildman–Crippen MR) is 117 cm³/mol. The summed E-state index contributed by atoms with van der Waals surface area (Å²) < 4.78 is 18.4. The molecule has 1 aliphatic rings. The fourth-order valence-electron chi connectivity index (χ4n) is 4.00. The molecular weight excluding hydrogens is 393 g/mol. The molecule has 1 aromatic heterocycles. The van der Waals surface area contributed by atoms with Crippen LogP contribution in [0.5, 0.6) is 5.75 Å². The molecule has 31 heavy (non-hydrogen) atoms. The summed E-state index contributed by atoms with van der Waals surface area (Å²) in [6.45, 7) is 1.42. The average Bonchev–Trinajstić information content (AvgIpc) is 2.83. The largest absolute Gasteiger partial charge is 0.497 e. The maximum Gasteiger partial charge on any atom is 0.222 e. The lowest BCUT2D eigenvalue weighted by atomic mass is 9.94. The zero-order valence-electron chi connectivity index (χ0n) is 17.6. The highest BCUT2D eigenvalue weighted by Gasteiger charge is 2.26. The predicted octanol–water partition coefficient (Wildman–Crippen LogP) is 4.63. The molecule has 1 fully saturated rings. The molecule has 1 amide bonds. The van der Waals surface area contributed by atoms with Crippen molar-refractivity contribution in [3.05, 3.63) is 78.0 Å². The van der Waals surface area contributed by atoms with Crippen LogP contribution in [-0.2, 0) is 11.2 Å². The molecular formula is C25H26FN3O2. The number of amides is 1. The Kier molecular flexibility index (Phi) is 6.55. The quantitative estimate of drug-likeness (QED) is 0.585. The Labute approximate surface area is 181 Å². The van der Waals surface area contributed by atoms with Gasteiger partial charge >= 0.3 is 0 Å². The second kappa shape index (κ2) is 9.69. The standard InChI is InChI=1S/C25H26FN3O2/c1-31-22-6-2-4-19(14-22)23-15-27-16-24(28-23)20-5-3-13-29(17-20)25(30)12-9-18-7-10-21(26)11-8-18/h2,4,6-8,10-11,14-16,20H,3,5,9,12-13,17H2,1H3/t20-/m1/s1. The lowest BCUT2D eigenvalue weighted by Gasteiger charge is -2.32. The third-order valence-corrected chi connectivity index (χ3v) is 5.75. The van der Waals surface area contributed by atoms with E-state index in [1.165, 1.54) is 12.1 Å². The van der Waals surface area contributed by atoms with Gasteiger partial charge in [-0.1, -0.05) is 24.3 Å². The Morgan fingerprint density at radius 2 is 2.03 bits per heavy atom. The van der Waals surface area contributed by atoms with Crippen LogP contribution in [0.1, 0.15) is 36.4 Å². The molecule has 0 bridgehead atoms. The van der Waals surface area contributed by atoms with E-state index in [1.54, 1.807) is 31.6 Å². The number of likely N-dealkylation sites (tertiary alicyclic amines) is 1. The van der Waals surface area contributed by atoms with Gasteiger partial charge in [-0.25, -0.2) is 9.37 Å². The van der Waals surface area contributed by atoms with Gasteiger partial charge in [-0.15, -0.1) is 0 Å². The van der Waals surface area contributed by atoms with Gasteiger partial charge in [0.25, 0.3) is 0 Å². The fourth-order valence-corrected chi connectivity index (χ4v) is 4.00. The van der Waals surface area contributed by atoms with Crippen LogP contribution in [0.2, 0.25) is 0 Å². The molecule has 2 aromatic carbocycles. The molecule has 4 rings (SSSR count). The van der Waals surface area contributed by atoms with Gasteiger partial charge in [0.1, 0.15) is 11.6 Å². The number of hydrogen-bond donors (Lipinski definition) is 0. The van der Waals surface area contributed by atoms with Gasteiger partial charge < -0.3 is 9.64 Å². The van der Waals surface area contributed by atoms with Crippen molar-refractivity contribution in [2.45, 2.75) is 31.6 Å². The van der Waals surface area contributed by atoms with Gasteiger partial charge in [0.05, 0.1) is 24.7 Å². The summed E-state index contributed by atoms with van der Waals surface area (Å²) in [6.07, 6.45) is 6.53. The van der Waals surface area contributed by atoms with Crippen molar-refractivity contribution >= 4 is 5.91 Å². The molecule has 0 N–H and O–H groups in total. The highest BCUT2D eigenvalue weighted by Crippen LogP contribution is 2.28. The van der Waals surface area contributed by atoms with Crippen LogP contribution in [-0.4, -0.2) is 41.0 Å². The van der Waals surface area contributed by atoms with E-state index in [0.717, 1.165) is 47.7 Å². The van der Waals surface area contributed by atoms with E-state index < -0.39 is 0 Å². The molecule has 0 spiro atoms. The van der Waals surface area contributed by atoms with Crippen LogP contribution < -0.4 is 4.74 Å².